The van der Waals surface area contributed by atoms with Gasteiger partial charge in [0.1, 0.15) is 13.2 Å². The van der Waals surface area contributed by atoms with E-state index in [4.69, 9.17) is 21.7 Å². The molecule has 3 aliphatic heterocycles. The highest BCUT2D eigenvalue weighted by atomic mass is 32.2. The fourth-order valence-electron chi connectivity index (χ4n) is 3.63. The highest BCUT2D eigenvalue weighted by Gasteiger charge is 2.51. The van der Waals surface area contributed by atoms with Gasteiger partial charge < -0.3 is 19.3 Å². The van der Waals surface area contributed by atoms with Crippen molar-refractivity contribution in [2.24, 2.45) is 0 Å². The minimum Gasteiger partial charge on any atom is -0.486 e. The van der Waals surface area contributed by atoms with Gasteiger partial charge in [0.15, 0.2) is 26.4 Å². The van der Waals surface area contributed by atoms with E-state index in [1.807, 2.05) is 34.9 Å². The van der Waals surface area contributed by atoms with Crippen molar-refractivity contribution in [3.63, 3.8) is 0 Å². The predicted molar refractivity (Wildman–Crippen MR) is 91.1 cm³/mol. The first kappa shape index (κ1) is 15.0. The largest absolute Gasteiger partial charge is 0.486 e. The molecule has 0 amide bonds. The van der Waals surface area contributed by atoms with Crippen molar-refractivity contribution < 1.29 is 17.9 Å². The number of fused-ring (bicyclic) bond motifs is 2. The maximum atomic E-state index is 12.1. The van der Waals surface area contributed by atoms with E-state index < -0.39 is 9.84 Å². The SMILES string of the molecule is CCN1C(=S)N(c2ccc3c(c2)OCCO3)[C@H]2CS(=O)(=O)C[C@@H]21. The number of nitrogens with zero attached hydrogens (tertiary/aromatic N) is 2. The fraction of sp³-hybridized carbons (Fsp3) is 0.533. The first-order valence-corrected chi connectivity index (χ1v) is 9.93. The van der Waals surface area contributed by atoms with Crippen LogP contribution < -0.4 is 14.4 Å². The summed E-state index contributed by atoms with van der Waals surface area (Å²) < 4.78 is 35.3. The predicted octanol–water partition coefficient (Wildman–Crippen LogP) is 1.05. The summed E-state index contributed by atoms with van der Waals surface area (Å²) in [5.41, 5.74) is 0.863. The average Bonchev–Trinajstić information content (AvgIpc) is 2.95. The summed E-state index contributed by atoms with van der Waals surface area (Å²) in [6, 6.07) is 5.48. The fourth-order valence-corrected chi connectivity index (χ4v) is 6.09. The minimum atomic E-state index is -3.03. The molecule has 2 atom stereocenters. The van der Waals surface area contributed by atoms with Crippen molar-refractivity contribution in [3.8, 4) is 11.5 Å². The summed E-state index contributed by atoms with van der Waals surface area (Å²) in [6.07, 6.45) is 0. The van der Waals surface area contributed by atoms with Gasteiger partial charge in [-0.05, 0) is 31.3 Å². The van der Waals surface area contributed by atoms with Crippen LogP contribution in [-0.4, -0.2) is 61.8 Å². The molecule has 4 rings (SSSR count). The molecule has 3 aliphatic rings. The molecule has 0 radical (unpaired) electrons. The molecule has 0 saturated carbocycles. The van der Waals surface area contributed by atoms with Crippen LogP contribution in [0.1, 0.15) is 6.92 Å². The van der Waals surface area contributed by atoms with Crippen LogP contribution in [0.2, 0.25) is 0 Å². The number of ether oxygens (including phenoxy) is 2. The Kier molecular flexibility index (Phi) is 3.42. The van der Waals surface area contributed by atoms with Gasteiger partial charge in [-0.15, -0.1) is 0 Å². The Balaban J connectivity index is 1.74. The highest BCUT2D eigenvalue weighted by Crippen LogP contribution is 2.39. The van der Waals surface area contributed by atoms with E-state index >= 15 is 0 Å². The second kappa shape index (κ2) is 5.24. The summed E-state index contributed by atoms with van der Waals surface area (Å²) in [5.74, 6) is 1.71. The lowest BCUT2D eigenvalue weighted by Crippen LogP contribution is -2.37. The Labute approximate surface area is 140 Å². The second-order valence-corrected chi connectivity index (χ2v) is 8.50. The molecule has 2 saturated heterocycles. The van der Waals surface area contributed by atoms with E-state index in [1.165, 1.54) is 0 Å². The zero-order valence-electron chi connectivity index (χ0n) is 12.8. The van der Waals surface area contributed by atoms with Crippen molar-refractivity contribution >= 4 is 32.9 Å². The molecule has 0 spiro atoms. The Morgan fingerprint density at radius 1 is 1.17 bits per heavy atom. The van der Waals surface area contributed by atoms with E-state index in [9.17, 15) is 8.42 Å². The molecule has 0 aromatic heterocycles. The van der Waals surface area contributed by atoms with Crippen molar-refractivity contribution in [1.29, 1.82) is 0 Å². The lowest BCUT2D eigenvalue weighted by Gasteiger charge is -2.26. The third-order valence-corrected chi connectivity index (χ3v) is 6.75. The molecule has 124 valence electrons. The summed E-state index contributed by atoms with van der Waals surface area (Å²) in [7, 11) is -3.03. The third-order valence-electron chi connectivity index (χ3n) is 4.62. The van der Waals surface area contributed by atoms with Gasteiger partial charge >= 0.3 is 0 Å². The molecule has 8 heteroatoms. The topological polar surface area (TPSA) is 59.1 Å². The van der Waals surface area contributed by atoms with Gasteiger partial charge in [0.2, 0.25) is 0 Å². The molecule has 1 aromatic rings. The van der Waals surface area contributed by atoms with Crippen LogP contribution in [0.3, 0.4) is 0 Å². The summed E-state index contributed by atoms with van der Waals surface area (Å²) in [4.78, 5) is 3.98. The van der Waals surface area contributed by atoms with Gasteiger partial charge in [0, 0.05) is 18.3 Å². The first-order chi connectivity index (χ1) is 11.0. The Hall–Kier alpha value is -1.54. The van der Waals surface area contributed by atoms with Gasteiger partial charge in [-0.25, -0.2) is 8.42 Å². The van der Waals surface area contributed by atoms with Crippen molar-refractivity contribution in [2.45, 2.75) is 19.0 Å². The van der Waals surface area contributed by atoms with Crippen molar-refractivity contribution in [1.82, 2.24) is 4.90 Å². The maximum Gasteiger partial charge on any atom is 0.176 e. The van der Waals surface area contributed by atoms with E-state index in [0.29, 0.717) is 36.4 Å². The average molecular weight is 354 g/mol. The molecule has 2 fully saturated rings. The number of hydrogen-bond donors (Lipinski definition) is 0. The van der Waals surface area contributed by atoms with Crippen molar-refractivity contribution in [2.75, 3.05) is 36.2 Å². The van der Waals surface area contributed by atoms with E-state index in [2.05, 4.69) is 0 Å². The number of anilines is 1. The standard InChI is InChI=1S/C15H18N2O4S2/c1-2-16-11-8-23(18,19)9-12(11)17(15(16)22)10-3-4-13-14(7-10)21-6-5-20-13/h3-4,7,11-12H,2,5-6,8-9H2,1H3/t11-,12-/m0/s1. The molecule has 3 heterocycles. The lowest BCUT2D eigenvalue weighted by molar-refractivity contribution is 0.171. The van der Waals surface area contributed by atoms with Crippen molar-refractivity contribution in [3.05, 3.63) is 18.2 Å². The monoisotopic (exact) mass is 354 g/mol. The number of likely N-dealkylation sites (N-methyl/N-ethyl adjacent to an activating group) is 1. The van der Waals surface area contributed by atoms with Crippen LogP contribution in [-0.2, 0) is 9.84 Å². The van der Waals surface area contributed by atoms with Crippen LogP contribution in [0.4, 0.5) is 5.69 Å². The molecule has 6 nitrogen and oxygen atoms in total. The maximum absolute atomic E-state index is 12.1. The van der Waals surface area contributed by atoms with E-state index in [0.717, 1.165) is 5.69 Å². The molecule has 0 unspecified atom stereocenters. The Bertz CT molecular complexity index is 765. The van der Waals surface area contributed by atoms with Gasteiger partial charge in [-0.1, -0.05) is 0 Å². The zero-order chi connectivity index (χ0) is 16.2. The second-order valence-electron chi connectivity index (χ2n) is 5.98. The van der Waals surface area contributed by atoms with E-state index in [-0.39, 0.29) is 23.6 Å². The number of benzene rings is 1. The van der Waals surface area contributed by atoms with Crippen LogP contribution in [0.15, 0.2) is 18.2 Å². The normalized spacial score (nSPS) is 28.1. The number of hydrogen-bond acceptors (Lipinski definition) is 5. The molecule has 1 aromatic carbocycles. The molecular formula is C15H18N2O4S2. The number of rotatable bonds is 2. The molecular weight excluding hydrogens is 336 g/mol. The summed E-state index contributed by atoms with van der Waals surface area (Å²) >= 11 is 5.61. The number of thiocarbonyl (C=S) groups is 1. The molecule has 0 bridgehead atoms. The van der Waals surface area contributed by atoms with Crippen LogP contribution >= 0.6 is 12.2 Å². The third kappa shape index (κ3) is 2.35. The number of sulfone groups is 1. The molecule has 23 heavy (non-hydrogen) atoms. The van der Waals surface area contributed by atoms with Crippen LogP contribution in [0, 0.1) is 0 Å². The van der Waals surface area contributed by atoms with Gasteiger partial charge in [-0.2, -0.15) is 0 Å². The minimum absolute atomic E-state index is 0.0642. The summed E-state index contributed by atoms with van der Waals surface area (Å²) in [5, 5.41) is 0.689. The van der Waals surface area contributed by atoms with Crippen LogP contribution in [0.25, 0.3) is 0 Å². The van der Waals surface area contributed by atoms with E-state index in [1.54, 1.807) is 0 Å². The van der Waals surface area contributed by atoms with Gasteiger partial charge in [0.25, 0.3) is 0 Å². The zero-order valence-corrected chi connectivity index (χ0v) is 14.4. The summed E-state index contributed by atoms with van der Waals surface area (Å²) in [6.45, 7) is 3.77. The Morgan fingerprint density at radius 3 is 2.61 bits per heavy atom. The Morgan fingerprint density at radius 2 is 1.87 bits per heavy atom. The molecule has 0 N–H and O–H groups in total. The molecule has 0 aliphatic carbocycles. The lowest BCUT2D eigenvalue weighted by atomic mass is 10.1. The highest BCUT2D eigenvalue weighted by molar-refractivity contribution is 7.91. The first-order valence-electron chi connectivity index (χ1n) is 7.70. The van der Waals surface area contributed by atoms with Gasteiger partial charge in [0.05, 0.1) is 23.6 Å². The van der Waals surface area contributed by atoms with Crippen LogP contribution in [0.5, 0.6) is 11.5 Å². The van der Waals surface area contributed by atoms with Gasteiger partial charge in [-0.3, -0.25) is 0 Å². The quantitative estimate of drug-likeness (QED) is 0.736. The smallest absolute Gasteiger partial charge is 0.176 e.